The summed E-state index contributed by atoms with van der Waals surface area (Å²) in [5.41, 5.74) is 14.6. The zero-order chi connectivity index (χ0) is 40.4. The third-order valence-corrected chi connectivity index (χ3v) is 11.5. The number of rotatable bonds is 9. The van der Waals surface area contributed by atoms with Gasteiger partial charge in [0.25, 0.3) is 0 Å². The number of benzene rings is 6. The molecule has 0 aliphatic rings. The van der Waals surface area contributed by atoms with Gasteiger partial charge in [-0.25, -0.2) is 0 Å². The Morgan fingerprint density at radius 1 is 0.492 bits per heavy atom. The van der Waals surface area contributed by atoms with Gasteiger partial charge in [0, 0.05) is 55.5 Å². The second-order valence-electron chi connectivity index (χ2n) is 16.8. The Bertz CT molecular complexity index is 2680. The molecular formula is C55H49N2OPt-. The number of phenols is 1. The number of aromatic nitrogens is 2. The first-order chi connectivity index (χ1) is 27.9. The normalized spacial score (nSPS) is 12.1. The molecule has 8 rings (SSSR count). The van der Waals surface area contributed by atoms with Crippen LogP contribution >= 0.6 is 0 Å². The summed E-state index contributed by atoms with van der Waals surface area (Å²) in [6, 6.07) is 63.1. The van der Waals surface area contributed by atoms with Gasteiger partial charge >= 0.3 is 0 Å². The number of aromatic hydroxyl groups is 1. The molecule has 0 saturated carbocycles. The second-order valence-corrected chi connectivity index (χ2v) is 16.8. The van der Waals surface area contributed by atoms with Crippen LogP contribution in [0.4, 0.5) is 0 Å². The van der Waals surface area contributed by atoms with Crippen molar-refractivity contribution < 1.29 is 26.2 Å². The minimum absolute atomic E-state index is 0. The number of phenolic OH excluding ortho intramolecular Hbond substituents is 1. The molecule has 0 radical (unpaired) electrons. The summed E-state index contributed by atoms with van der Waals surface area (Å²) in [7, 11) is 0. The van der Waals surface area contributed by atoms with E-state index in [9.17, 15) is 5.11 Å². The number of hydrogen-bond acceptors (Lipinski definition) is 3. The summed E-state index contributed by atoms with van der Waals surface area (Å²) in [6.07, 6.45) is 1.88. The molecule has 0 aliphatic carbocycles. The summed E-state index contributed by atoms with van der Waals surface area (Å²) < 4.78 is 0. The minimum atomic E-state index is -0.345. The van der Waals surface area contributed by atoms with E-state index in [-0.39, 0.29) is 43.6 Å². The largest absolute Gasteiger partial charge is 0.507 e. The third-order valence-electron chi connectivity index (χ3n) is 11.5. The fourth-order valence-electron chi connectivity index (χ4n) is 7.70. The molecule has 6 aromatic carbocycles. The van der Waals surface area contributed by atoms with E-state index >= 15 is 0 Å². The van der Waals surface area contributed by atoms with Gasteiger partial charge in [-0.1, -0.05) is 186 Å². The molecule has 0 fully saturated rings. The zero-order valence-corrected chi connectivity index (χ0v) is 36.8. The molecule has 8 aromatic rings. The van der Waals surface area contributed by atoms with Gasteiger partial charge < -0.3 is 5.11 Å². The zero-order valence-electron chi connectivity index (χ0n) is 34.5. The van der Waals surface area contributed by atoms with Crippen molar-refractivity contribution in [2.75, 3.05) is 0 Å². The van der Waals surface area contributed by atoms with Crippen molar-refractivity contribution in [3.63, 3.8) is 0 Å². The Morgan fingerprint density at radius 3 is 1.71 bits per heavy atom. The van der Waals surface area contributed by atoms with Gasteiger partial charge in [-0.2, -0.15) is 0 Å². The first kappa shape index (κ1) is 41.3. The molecule has 2 heterocycles. The Balaban J connectivity index is 0.00000528. The first-order valence-corrected chi connectivity index (χ1v) is 20.1. The van der Waals surface area contributed by atoms with Crippen LogP contribution in [0.3, 0.4) is 0 Å². The molecule has 0 saturated heterocycles. The van der Waals surface area contributed by atoms with E-state index in [1.54, 1.807) is 6.07 Å². The van der Waals surface area contributed by atoms with Crippen molar-refractivity contribution in [3.8, 4) is 61.8 Å². The van der Waals surface area contributed by atoms with Crippen LogP contribution < -0.4 is 0 Å². The molecule has 4 heteroatoms. The Morgan fingerprint density at radius 2 is 1.05 bits per heavy atom. The van der Waals surface area contributed by atoms with Gasteiger partial charge in [0.2, 0.25) is 0 Å². The van der Waals surface area contributed by atoms with Gasteiger partial charge in [-0.05, 0) is 74.2 Å². The molecule has 0 spiro atoms. The molecule has 2 aromatic heterocycles. The Kier molecular flexibility index (Phi) is 12.0. The quantitative estimate of drug-likeness (QED) is 0.147. The van der Waals surface area contributed by atoms with Gasteiger partial charge in [0.1, 0.15) is 5.75 Å². The summed E-state index contributed by atoms with van der Waals surface area (Å²) >= 11 is 0. The van der Waals surface area contributed by atoms with E-state index in [0.717, 1.165) is 55.9 Å². The molecule has 3 nitrogen and oxygen atoms in total. The smallest absolute Gasteiger partial charge is 0.124 e. The molecule has 0 amide bonds. The molecular weight excluding hydrogens is 900 g/mol. The summed E-state index contributed by atoms with van der Waals surface area (Å²) in [5.74, 6) is 0.454. The molecule has 59 heavy (non-hydrogen) atoms. The van der Waals surface area contributed by atoms with Crippen LogP contribution in [-0.2, 0) is 31.9 Å². The van der Waals surface area contributed by atoms with E-state index in [2.05, 4.69) is 199 Å². The van der Waals surface area contributed by atoms with E-state index in [0.29, 0.717) is 11.3 Å². The predicted octanol–water partition coefficient (Wildman–Crippen LogP) is 14.1. The van der Waals surface area contributed by atoms with Crippen molar-refractivity contribution in [2.45, 2.75) is 58.3 Å². The number of nitrogens with zero attached hydrogens (tertiary/aromatic N) is 2. The monoisotopic (exact) mass is 948 g/mol. The van der Waals surface area contributed by atoms with Crippen LogP contribution in [0.2, 0.25) is 0 Å². The standard InChI is InChI=1S/C55H49N2O.Pt/c1-37(38-16-10-7-11-17-38)39-22-24-41(25-23-39)43-34-51(57-52(35-43)49-36-47(54(2,3)4)26-27-53(49)58)45-30-44(31-48(32-45)55(5,6)46-20-14-9-15-21-46)50-33-42(28-29-56-50)40-18-12-8-13-19-40;/h7-29,31-37,58H,1-6H3;/q-1;. The summed E-state index contributed by atoms with van der Waals surface area (Å²) in [5, 5.41) is 11.4. The van der Waals surface area contributed by atoms with Gasteiger partial charge in [0.05, 0.1) is 5.69 Å². The van der Waals surface area contributed by atoms with Crippen LogP contribution in [0.1, 0.15) is 75.3 Å². The van der Waals surface area contributed by atoms with Crippen LogP contribution in [0.25, 0.3) is 56.0 Å². The number of pyridine rings is 2. The van der Waals surface area contributed by atoms with Crippen molar-refractivity contribution in [3.05, 3.63) is 210 Å². The van der Waals surface area contributed by atoms with Crippen LogP contribution in [-0.4, -0.2) is 15.1 Å². The topological polar surface area (TPSA) is 46.0 Å². The first-order valence-electron chi connectivity index (χ1n) is 20.1. The van der Waals surface area contributed by atoms with E-state index < -0.39 is 0 Å². The predicted molar refractivity (Wildman–Crippen MR) is 241 cm³/mol. The maximum Gasteiger partial charge on any atom is 0.124 e. The van der Waals surface area contributed by atoms with Crippen LogP contribution in [0, 0.1) is 6.07 Å². The van der Waals surface area contributed by atoms with E-state index in [4.69, 9.17) is 9.97 Å². The average Bonchev–Trinajstić information content (AvgIpc) is 3.26. The molecule has 1 unspecified atom stereocenters. The maximum atomic E-state index is 11.4. The molecule has 0 bridgehead atoms. The van der Waals surface area contributed by atoms with Gasteiger partial charge in [0.15, 0.2) is 0 Å². The van der Waals surface area contributed by atoms with Crippen molar-refractivity contribution in [1.29, 1.82) is 0 Å². The molecule has 1 atom stereocenters. The summed E-state index contributed by atoms with van der Waals surface area (Å²) in [6.45, 7) is 13.3. The maximum absolute atomic E-state index is 11.4. The van der Waals surface area contributed by atoms with Gasteiger partial charge in [-0.15, -0.1) is 23.8 Å². The van der Waals surface area contributed by atoms with Crippen LogP contribution in [0.15, 0.2) is 176 Å². The van der Waals surface area contributed by atoms with Crippen molar-refractivity contribution in [2.24, 2.45) is 0 Å². The minimum Gasteiger partial charge on any atom is -0.507 e. The van der Waals surface area contributed by atoms with Crippen molar-refractivity contribution in [1.82, 2.24) is 9.97 Å². The SMILES string of the molecule is CC(c1ccccc1)c1ccc(-c2cc(-c3[c-]c(-c4cc(-c5ccccc5)ccn4)cc(C(C)(C)c4ccccc4)c3)nc(-c3cc(C(C)(C)C)ccc3O)c2)cc1.[Pt]. The summed E-state index contributed by atoms with van der Waals surface area (Å²) in [4.78, 5) is 10.3. The van der Waals surface area contributed by atoms with E-state index in [1.807, 2.05) is 18.3 Å². The third kappa shape index (κ3) is 8.92. The number of hydrogen-bond donors (Lipinski definition) is 1. The Labute approximate surface area is 364 Å². The van der Waals surface area contributed by atoms with Crippen LogP contribution in [0.5, 0.6) is 5.75 Å². The Hall–Kier alpha value is -5.89. The molecule has 0 aliphatic heterocycles. The molecule has 1 N–H and O–H groups in total. The fourth-order valence-corrected chi connectivity index (χ4v) is 7.70. The van der Waals surface area contributed by atoms with Crippen molar-refractivity contribution >= 4 is 0 Å². The fraction of sp³-hybridized carbons (Fsp3) is 0.164. The second kappa shape index (κ2) is 17.1. The van der Waals surface area contributed by atoms with E-state index in [1.165, 1.54) is 16.7 Å². The average molecular weight is 949 g/mol. The molecule has 296 valence electrons. The van der Waals surface area contributed by atoms with Gasteiger partial charge in [-0.3, -0.25) is 9.97 Å².